The summed E-state index contributed by atoms with van der Waals surface area (Å²) in [7, 11) is 0. The van der Waals surface area contributed by atoms with Crippen LogP contribution in [0.5, 0.6) is 0 Å². The molecule has 0 radical (unpaired) electrons. The maximum atomic E-state index is 12.5. The second-order valence-electron chi connectivity index (χ2n) is 6.59. The van der Waals surface area contributed by atoms with E-state index < -0.39 is 16.7 Å². The van der Waals surface area contributed by atoms with Gasteiger partial charge in [0.25, 0.3) is 5.69 Å². The van der Waals surface area contributed by atoms with Gasteiger partial charge in [-0.3, -0.25) is 19.7 Å². The summed E-state index contributed by atoms with van der Waals surface area (Å²) in [6.07, 6.45) is 0. The van der Waals surface area contributed by atoms with Crippen molar-refractivity contribution < 1.29 is 19.2 Å². The van der Waals surface area contributed by atoms with Crippen LogP contribution in [0.2, 0.25) is 0 Å². The van der Waals surface area contributed by atoms with Crippen LogP contribution in [0.3, 0.4) is 0 Å². The zero-order valence-electron chi connectivity index (χ0n) is 15.1. The molecule has 0 aliphatic carbocycles. The lowest BCUT2D eigenvalue weighted by atomic mass is 10.3. The third-order valence-corrected chi connectivity index (χ3v) is 5.97. The number of nitrogens with zero attached hydrogens (tertiary/aromatic N) is 5. The van der Waals surface area contributed by atoms with Gasteiger partial charge in [-0.1, -0.05) is 11.3 Å². The van der Waals surface area contributed by atoms with E-state index in [0.29, 0.717) is 58.0 Å². The van der Waals surface area contributed by atoms with Crippen molar-refractivity contribution >= 4 is 44.2 Å². The number of ether oxygens (including phenoxy) is 1. The first-order chi connectivity index (χ1) is 13.5. The molecule has 0 N–H and O–H groups in total. The summed E-state index contributed by atoms with van der Waals surface area (Å²) in [4.78, 5) is 45.0. The molecule has 2 fully saturated rings. The maximum absolute atomic E-state index is 12.5. The Hall–Kier alpha value is -2.79. The molecule has 10 nitrogen and oxygen atoms in total. The van der Waals surface area contributed by atoms with Gasteiger partial charge in [-0.15, -0.1) is 0 Å². The topological polar surface area (TPSA) is 109 Å². The number of non-ortho nitro benzene ring substituents is 1. The van der Waals surface area contributed by atoms with E-state index >= 15 is 0 Å². The van der Waals surface area contributed by atoms with E-state index in [9.17, 15) is 19.7 Å². The number of rotatable bonds is 2. The molecule has 148 valence electrons. The Morgan fingerprint density at radius 1 is 1.04 bits per heavy atom. The third kappa shape index (κ3) is 3.62. The Labute approximate surface area is 164 Å². The predicted molar refractivity (Wildman–Crippen MR) is 102 cm³/mol. The number of morpholine rings is 1. The minimum atomic E-state index is -0.471. The number of nitro groups is 1. The van der Waals surface area contributed by atoms with Crippen LogP contribution in [0.1, 0.15) is 0 Å². The molecule has 3 heterocycles. The molecule has 11 heteroatoms. The van der Waals surface area contributed by atoms with Crippen LogP contribution < -0.4 is 4.90 Å². The van der Waals surface area contributed by atoms with Gasteiger partial charge in [0.15, 0.2) is 5.13 Å². The second kappa shape index (κ2) is 7.68. The number of carbonyl (C=O) groups excluding carboxylic acids is 2. The Bertz CT molecular complexity index is 918. The van der Waals surface area contributed by atoms with Crippen LogP contribution in [-0.4, -0.2) is 84.0 Å². The summed E-state index contributed by atoms with van der Waals surface area (Å²) in [5, 5.41) is 11.7. The van der Waals surface area contributed by atoms with E-state index in [0.717, 1.165) is 9.83 Å². The second-order valence-corrected chi connectivity index (χ2v) is 7.60. The highest BCUT2D eigenvalue weighted by Crippen LogP contribution is 2.31. The zero-order chi connectivity index (χ0) is 19.7. The smallest absolute Gasteiger partial charge is 0.312 e. The molecule has 2 aliphatic heterocycles. The first-order valence-electron chi connectivity index (χ1n) is 8.99. The van der Waals surface area contributed by atoms with Gasteiger partial charge in [-0.25, -0.2) is 4.98 Å². The number of fused-ring (bicyclic) bond motifs is 1. The zero-order valence-corrected chi connectivity index (χ0v) is 15.9. The van der Waals surface area contributed by atoms with Gasteiger partial charge < -0.3 is 19.4 Å². The summed E-state index contributed by atoms with van der Waals surface area (Å²) >= 11 is 1.39. The number of carbonyl (C=O) groups is 2. The standard InChI is InChI=1S/C17H19N5O5S/c23-15(16(24)20-7-9-27-10-8-20)19-3-5-21(6-4-19)17-18-13-2-1-12(22(25)26)11-14(13)28-17/h1-2,11H,3-10H2. The van der Waals surface area contributed by atoms with Crippen molar-refractivity contribution in [3.05, 3.63) is 28.3 Å². The van der Waals surface area contributed by atoms with Gasteiger partial charge in [0.1, 0.15) is 0 Å². The quantitative estimate of drug-likeness (QED) is 0.411. The average molecular weight is 405 g/mol. The lowest BCUT2D eigenvalue weighted by molar-refractivity contribution is -0.384. The molecule has 0 spiro atoms. The van der Waals surface area contributed by atoms with E-state index in [4.69, 9.17) is 4.74 Å². The number of aromatic nitrogens is 1. The summed E-state index contributed by atoms with van der Waals surface area (Å²) < 4.78 is 5.97. The molecule has 2 saturated heterocycles. The van der Waals surface area contributed by atoms with Gasteiger partial charge in [0.2, 0.25) is 0 Å². The Kier molecular flexibility index (Phi) is 5.09. The fourth-order valence-electron chi connectivity index (χ4n) is 3.29. The Morgan fingerprint density at radius 2 is 1.68 bits per heavy atom. The summed E-state index contributed by atoms with van der Waals surface area (Å²) in [5.74, 6) is -0.939. The fraction of sp³-hybridized carbons (Fsp3) is 0.471. The van der Waals surface area contributed by atoms with Gasteiger partial charge in [0.05, 0.1) is 28.4 Å². The first-order valence-corrected chi connectivity index (χ1v) is 9.80. The third-order valence-electron chi connectivity index (χ3n) is 4.89. The molecule has 1 aromatic carbocycles. The normalized spacial score (nSPS) is 17.8. The molecule has 2 amide bonds. The molecular weight excluding hydrogens is 386 g/mol. The van der Waals surface area contributed by atoms with E-state index in [1.807, 2.05) is 4.90 Å². The van der Waals surface area contributed by atoms with Crippen LogP contribution in [0.15, 0.2) is 18.2 Å². The highest BCUT2D eigenvalue weighted by atomic mass is 32.1. The molecule has 0 saturated carbocycles. The van der Waals surface area contributed by atoms with Gasteiger partial charge in [-0.05, 0) is 6.07 Å². The minimum absolute atomic E-state index is 0.0414. The van der Waals surface area contributed by atoms with Gasteiger partial charge >= 0.3 is 11.8 Å². The Balaban J connectivity index is 1.39. The number of anilines is 1. The van der Waals surface area contributed by atoms with Crippen LogP contribution >= 0.6 is 11.3 Å². The molecule has 2 aromatic rings. The maximum Gasteiger partial charge on any atom is 0.312 e. The van der Waals surface area contributed by atoms with E-state index in [2.05, 4.69) is 4.98 Å². The van der Waals surface area contributed by atoms with Crippen molar-refractivity contribution in [1.29, 1.82) is 0 Å². The SMILES string of the molecule is O=C(C(=O)N1CCN(c2nc3ccc([N+](=O)[O-])cc3s2)CC1)N1CCOCC1. The number of amides is 2. The van der Waals surface area contributed by atoms with Crippen molar-refractivity contribution in [1.82, 2.24) is 14.8 Å². The highest BCUT2D eigenvalue weighted by molar-refractivity contribution is 7.22. The van der Waals surface area contributed by atoms with Crippen molar-refractivity contribution in [3.8, 4) is 0 Å². The highest BCUT2D eigenvalue weighted by Gasteiger charge is 2.31. The van der Waals surface area contributed by atoms with Gasteiger partial charge in [-0.2, -0.15) is 0 Å². The largest absolute Gasteiger partial charge is 0.378 e. The molecular formula is C17H19N5O5S. The van der Waals surface area contributed by atoms with Crippen molar-refractivity contribution in [3.63, 3.8) is 0 Å². The van der Waals surface area contributed by atoms with Crippen LogP contribution in [0, 0.1) is 10.1 Å². The summed E-state index contributed by atoms with van der Waals surface area (Å²) in [5.41, 5.74) is 0.756. The lowest BCUT2D eigenvalue weighted by Crippen LogP contribution is -2.54. The number of hydrogen-bond acceptors (Lipinski definition) is 8. The Morgan fingerprint density at radius 3 is 2.32 bits per heavy atom. The number of hydrogen-bond donors (Lipinski definition) is 0. The molecule has 28 heavy (non-hydrogen) atoms. The number of thiazole rings is 1. The molecule has 2 aliphatic rings. The molecule has 0 unspecified atom stereocenters. The molecule has 4 rings (SSSR count). The van der Waals surface area contributed by atoms with Gasteiger partial charge in [0, 0.05) is 51.4 Å². The van der Waals surface area contributed by atoms with Crippen LogP contribution in [0.25, 0.3) is 10.2 Å². The summed E-state index contributed by atoms with van der Waals surface area (Å²) in [6, 6.07) is 4.62. The number of piperazine rings is 1. The van der Waals surface area contributed by atoms with Crippen molar-refractivity contribution in [2.75, 3.05) is 57.4 Å². The minimum Gasteiger partial charge on any atom is -0.378 e. The molecule has 1 aromatic heterocycles. The molecule has 0 atom stereocenters. The summed E-state index contributed by atoms with van der Waals surface area (Å²) in [6.45, 7) is 3.81. The van der Waals surface area contributed by atoms with E-state index in [1.165, 1.54) is 23.5 Å². The molecule has 0 bridgehead atoms. The lowest BCUT2D eigenvalue weighted by Gasteiger charge is -2.35. The fourth-order valence-corrected chi connectivity index (χ4v) is 4.34. The number of benzene rings is 1. The first kappa shape index (κ1) is 18.6. The monoisotopic (exact) mass is 405 g/mol. The number of nitro benzene ring substituents is 1. The van der Waals surface area contributed by atoms with E-state index in [1.54, 1.807) is 15.9 Å². The average Bonchev–Trinajstić information content (AvgIpc) is 3.17. The van der Waals surface area contributed by atoms with Crippen LogP contribution in [0.4, 0.5) is 10.8 Å². The van der Waals surface area contributed by atoms with E-state index in [-0.39, 0.29) is 5.69 Å². The predicted octanol–water partition coefficient (Wildman–Crippen LogP) is 0.712. The van der Waals surface area contributed by atoms with Crippen molar-refractivity contribution in [2.45, 2.75) is 0 Å². The van der Waals surface area contributed by atoms with Crippen molar-refractivity contribution in [2.24, 2.45) is 0 Å². The van der Waals surface area contributed by atoms with Crippen LogP contribution in [-0.2, 0) is 14.3 Å².